The quantitative estimate of drug-likeness (QED) is 0.411. The lowest BCUT2D eigenvalue weighted by molar-refractivity contribution is -0.137. The van der Waals surface area contributed by atoms with E-state index in [1.165, 1.54) is 6.33 Å². The summed E-state index contributed by atoms with van der Waals surface area (Å²) in [7, 11) is 0. The summed E-state index contributed by atoms with van der Waals surface area (Å²) in [5, 5.41) is 12.3. The highest BCUT2D eigenvalue weighted by molar-refractivity contribution is 6.05. The zero-order valence-corrected chi connectivity index (χ0v) is 18.7. The number of amides is 1. The van der Waals surface area contributed by atoms with Crippen molar-refractivity contribution < 1.29 is 18.0 Å². The van der Waals surface area contributed by atoms with Crippen molar-refractivity contribution in [2.75, 3.05) is 24.1 Å². The number of aromatic nitrogens is 4. The largest absolute Gasteiger partial charge is 0.416 e. The Balaban J connectivity index is 1.43. The minimum atomic E-state index is -4.54. The highest BCUT2D eigenvalue weighted by atomic mass is 19.4. The van der Waals surface area contributed by atoms with E-state index in [0.29, 0.717) is 29.9 Å². The lowest BCUT2D eigenvalue weighted by Crippen LogP contribution is -2.15. The maximum atomic E-state index is 12.9. The van der Waals surface area contributed by atoms with Gasteiger partial charge in [-0.2, -0.15) is 18.4 Å². The predicted octanol–water partition coefficient (Wildman–Crippen LogP) is 4.07. The van der Waals surface area contributed by atoms with E-state index in [4.69, 9.17) is 5.73 Å². The summed E-state index contributed by atoms with van der Waals surface area (Å²) in [4.78, 5) is 26.6. The number of anilines is 2. The number of alkyl halides is 3. The van der Waals surface area contributed by atoms with Crippen LogP contribution in [0.15, 0.2) is 55.1 Å². The van der Waals surface area contributed by atoms with Crippen LogP contribution in [0.25, 0.3) is 22.2 Å². The van der Waals surface area contributed by atoms with Crippen LogP contribution in [-0.4, -0.2) is 43.4 Å². The summed E-state index contributed by atoms with van der Waals surface area (Å²) >= 11 is 0. The average molecular weight is 492 g/mol. The molecule has 4 aromatic rings. The minimum Gasteiger partial charge on any atom is -0.383 e. The van der Waals surface area contributed by atoms with Gasteiger partial charge in [0.25, 0.3) is 5.91 Å². The number of nitrogens with two attached hydrogens (primary N) is 1. The van der Waals surface area contributed by atoms with Gasteiger partial charge in [-0.25, -0.2) is 15.0 Å². The van der Waals surface area contributed by atoms with E-state index in [1.807, 2.05) is 10.8 Å². The molecule has 3 N–H and O–H groups in total. The molecule has 0 aliphatic carbocycles. The second-order valence-electron chi connectivity index (χ2n) is 8.36. The van der Waals surface area contributed by atoms with Gasteiger partial charge in [-0.15, -0.1) is 0 Å². The van der Waals surface area contributed by atoms with Gasteiger partial charge in [0.2, 0.25) is 0 Å². The Bertz CT molecular complexity index is 1490. The van der Waals surface area contributed by atoms with Crippen molar-refractivity contribution in [3.8, 4) is 17.3 Å². The number of nitrogens with one attached hydrogen (secondary N) is 1. The number of carbonyl (C=O) groups excluding carboxylic acids is 1. The Morgan fingerprint density at radius 3 is 2.64 bits per heavy atom. The van der Waals surface area contributed by atoms with E-state index in [2.05, 4.69) is 26.5 Å². The van der Waals surface area contributed by atoms with Crippen LogP contribution in [0.2, 0.25) is 0 Å². The molecule has 4 heterocycles. The molecule has 3 aromatic heterocycles. The predicted molar refractivity (Wildman–Crippen MR) is 125 cm³/mol. The molecule has 0 saturated carbocycles. The Morgan fingerprint density at radius 2 is 1.94 bits per heavy atom. The standard InChI is InChI=1S/C24H19F3N8O/c25-24(26,27)16-5-7-30-19(9-16)33-23(36)15-3-1-14(2-4-15)18-11-35(17-6-8-34(10-17)12-28)22-20(18)21(29)31-13-32-22/h1-5,7,9,11,13,17H,6,8,10H2,(H2,29,31,32)(H,30,33,36). The third-order valence-corrected chi connectivity index (χ3v) is 6.12. The third-order valence-electron chi connectivity index (χ3n) is 6.12. The second-order valence-corrected chi connectivity index (χ2v) is 8.36. The van der Waals surface area contributed by atoms with Gasteiger partial charge in [-0.05, 0) is 36.2 Å². The summed E-state index contributed by atoms with van der Waals surface area (Å²) < 4.78 is 40.8. The van der Waals surface area contributed by atoms with E-state index in [1.54, 1.807) is 29.2 Å². The Labute approximate surface area is 203 Å². The molecule has 1 amide bonds. The van der Waals surface area contributed by atoms with Crippen molar-refractivity contribution in [3.05, 3.63) is 66.2 Å². The number of nitrogens with zero attached hydrogens (tertiary/aromatic N) is 6. The topological polar surface area (TPSA) is 126 Å². The summed E-state index contributed by atoms with van der Waals surface area (Å²) in [6.45, 7) is 1.22. The molecule has 182 valence electrons. The van der Waals surface area contributed by atoms with Crippen molar-refractivity contribution in [2.45, 2.75) is 18.6 Å². The maximum Gasteiger partial charge on any atom is 0.416 e. The summed E-state index contributed by atoms with van der Waals surface area (Å²) in [5.41, 5.74) is 7.70. The fraction of sp³-hybridized carbons (Fsp3) is 0.208. The first-order valence-electron chi connectivity index (χ1n) is 11.0. The highest BCUT2D eigenvalue weighted by Gasteiger charge is 2.31. The molecule has 36 heavy (non-hydrogen) atoms. The number of benzene rings is 1. The summed E-state index contributed by atoms with van der Waals surface area (Å²) in [6, 6.07) is 8.22. The molecule has 0 radical (unpaired) electrons. The van der Waals surface area contributed by atoms with Crippen LogP contribution in [0.5, 0.6) is 0 Å². The second kappa shape index (κ2) is 8.84. The first-order valence-corrected chi connectivity index (χ1v) is 11.0. The molecule has 9 nitrogen and oxygen atoms in total. The zero-order valence-electron chi connectivity index (χ0n) is 18.7. The molecular formula is C24H19F3N8O. The fourth-order valence-electron chi connectivity index (χ4n) is 4.33. The maximum absolute atomic E-state index is 12.9. The molecule has 0 bridgehead atoms. The lowest BCUT2D eigenvalue weighted by Gasteiger charge is -2.12. The van der Waals surface area contributed by atoms with Crippen molar-refractivity contribution in [1.29, 1.82) is 5.26 Å². The number of likely N-dealkylation sites (tertiary alicyclic amines) is 1. The number of carbonyl (C=O) groups is 1. The molecule has 12 heteroatoms. The number of pyridine rings is 1. The van der Waals surface area contributed by atoms with Crippen LogP contribution in [-0.2, 0) is 6.18 Å². The van der Waals surface area contributed by atoms with Gasteiger partial charge in [0, 0.05) is 36.6 Å². The van der Waals surface area contributed by atoms with Crippen LogP contribution in [0, 0.1) is 11.5 Å². The molecular weight excluding hydrogens is 473 g/mol. The van der Waals surface area contributed by atoms with Gasteiger partial charge >= 0.3 is 6.18 Å². The molecule has 0 spiro atoms. The first-order chi connectivity index (χ1) is 17.2. The van der Waals surface area contributed by atoms with Gasteiger partial charge in [0.05, 0.1) is 17.0 Å². The van der Waals surface area contributed by atoms with Gasteiger partial charge < -0.3 is 20.5 Å². The van der Waals surface area contributed by atoms with Crippen LogP contribution >= 0.6 is 0 Å². The van der Waals surface area contributed by atoms with Crippen molar-refractivity contribution in [3.63, 3.8) is 0 Å². The number of hydrogen-bond donors (Lipinski definition) is 2. The molecule has 1 fully saturated rings. The molecule has 1 aromatic carbocycles. The van der Waals surface area contributed by atoms with Crippen LogP contribution in [0.3, 0.4) is 0 Å². The van der Waals surface area contributed by atoms with Gasteiger partial charge in [-0.1, -0.05) is 12.1 Å². The Hall–Kier alpha value is -4.66. The molecule has 1 saturated heterocycles. The molecule has 1 aliphatic rings. The Kier molecular flexibility index (Phi) is 5.68. The molecule has 5 rings (SSSR count). The highest BCUT2D eigenvalue weighted by Crippen LogP contribution is 2.36. The zero-order chi connectivity index (χ0) is 25.4. The smallest absolute Gasteiger partial charge is 0.383 e. The Morgan fingerprint density at radius 1 is 1.17 bits per heavy atom. The normalized spacial score (nSPS) is 15.7. The van der Waals surface area contributed by atoms with Crippen molar-refractivity contribution in [2.24, 2.45) is 0 Å². The van der Waals surface area contributed by atoms with E-state index < -0.39 is 17.6 Å². The summed E-state index contributed by atoms with van der Waals surface area (Å²) in [5.74, 6) is -0.489. The SMILES string of the molecule is N#CN1CCC(n2cc(-c3ccc(C(=O)Nc4cc(C(F)(F)F)ccn4)cc3)c3c(N)ncnc32)C1. The number of nitrogen functional groups attached to an aromatic ring is 1. The third kappa shape index (κ3) is 4.26. The number of fused-ring (bicyclic) bond motifs is 1. The van der Waals surface area contributed by atoms with Crippen LogP contribution in [0.4, 0.5) is 24.8 Å². The minimum absolute atomic E-state index is 0.0419. The van der Waals surface area contributed by atoms with Crippen molar-refractivity contribution in [1.82, 2.24) is 24.4 Å². The first kappa shape index (κ1) is 23.1. The van der Waals surface area contributed by atoms with E-state index in [-0.39, 0.29) is 17.4 Å². The molecule has 1 atom stereocenters. The van der Waals surface area contributed by atoms with E-state index in [0.717, 1.165) is 35.9 Å². The van der Waals surface area contributed by atoms with E-state index >= 15 is 0 Å². The lowest BCUT2D eigenvalue weighted by atomic mass is 10.0. The average Bonchev–Trinajstić information content (AvgIpc) is 3.49. The van der Waals surface area contributed by atoms with Crippen molar-refractivity contribution >= 4 is 28.6 Å². The number of nitriles is 1. The molecule has 1 aliphatic heterocycles. The van der Waals surface area contributed by atoms with Gasteiger partial charge in [0.15, 0.2) is 6.19 Å². The van der Waals surface area contributed by atoms with Gasteiger partial charge in [0.1, 0.15) is 23.6 Å². The monoisotopic (exact) mass is 492 g/mol. The number of halogens is 3. The fourth-order valence-corrected chi connectivity index (χ4v) is 4.33. The number of rotatable bonds is 4. The molecule has 1 unspecified atom stereocenters. The van der Waals surface area contributed by atoms with Crippen LogP contribution < -0.4 is 11.1 Å². The van der Waals surface area contributed by atoms with E-state index in [9.17, 15) is 23.2 Å². The summed E-state index contributed by atoms with van der Waals surface area (Å²) in [6.07, 6.45) is 2.71. The van der Waals surface area contributed by atoms with Crippen LogP contribution in [0.1, 0.15) is 28.4 Å². The van der Waals surface area contributed by atoms with Gasteiger partial charge in [-0.3, -0.25) is 4.79 Å². The number of hydrogen-bond acceptors (Lipinski definition) is 7.